The van der Waals surface area contributed by atoms with Crippen LogP contribution in [-0.4, -0.2) is 34.5 Å². The van der Waals surface area contributed by atoms with Crippen molar-refractivity contribution in [2.45, 2.75) is 19.4 Å². The molecule has 1 fully saturated rings. The first kappa shape index (κ1) is 10.4. The smallest absolute Gasteiger partial charge is 0.325 e. The standard InChI is InChI=1S/C8H13NO3S/c1-5(8(11)12)9-7(10)6-2-3-13-4-6/h5-6H,2-4H2,1H3,(H,9,10)(H,11,12). The van der Waals surface area contributed by atoms with Gasteiger partial charge >= 0.3 is 5.97 Å². The van der Waals surface area contributed by atoms with Gasteiger partial charge in [-0.15, -0.1) is 0 Å². The molecule has 13 heavy (non-hydrogen) atoms. The first-order chi connectivity index (χ1) is 6.11. The van der Waals surface area contributed by atoms with Crippen molar-refractivity contribution in [3.8, 4) is 0 Å². The van der Waals surface area contributed by atoms with E-state index < -0.39 is 12.0 Å². The molecule has 0 aromatic rings. The van der Waals surface area contributed by atoms with Crippen molar-refractivity contribution in [2.75, 3.05) is 11.5 Å². The van der Waals surface area contributed by atoms with Gasteiger partial charge in [-0.25, -0.2) is 0 Å². The minimum atomic E-state index is -0.987. The van der Waals surface area contributed by atoms with Crippen LogP contribution in [0.15, 0.2) is 0 Å². The van der Waals surface area contributed by atoms with Crippen LogP contribution in [0, 0.1) is 5.92 Å². The predicted molar refractivity (Wildman–Crippen MR) is 50.7 cm³/mol. The Hall–Kier alpha value is -0.710. The van der Waals surface area contributed by atoms with Crippen LogP contribution in [0.25, 0.3) is 0 Å². The topological polar surface area (TPSA) is 66.4 Å². The fourth-order valence-corrected chi connectivity index (χ4v) is 2.35. The highest BCUT2D eigenvalue weighted by Crippen LogP contribution is 2.23. The van der Waals surface area contributed by atoms with E-state index in [1.165, 1.54) is 6.92 Å². The van der Waals surface area contributed by atoms with Gasteiger partial charge in [0.25, 0.3) is 0 Å². The zero-order valence-electron chi connectivity index (χ0n) is 7.45. The summed E-state index contributed by atoms with van der Waals surface area (Å²) in [4.78, 5) is 21.8. The van der Waals surface area contributed by atoms with Crippen LogP contribution >= 0.6 is 11.8 Å². The molecule has 4 nitrogen and oxygen atoms in total. The summed E-state index contributed by atoms with van der Waals surface area (Å²) in [7, 11) is 0. The van der Waals surface area contributed by atoms with Gasteiger partial charge in [0.1, 0.15) is 6.04 Å². The number of rotatable bonds is 3. The fraction of sp³-hybridized carbons (Fsp3) is 0.750. The molecule has 2 N–H and O–H groups in total. The van der Waals surface area contributed by atoms with Gasteiger partial charge in [-0.05, 0) is 19.1 Å². The lowest BCUT2D eigenvalue weighted by Gasteiger charge is -2.12. The lowest BCUT2D eigenvalue weighted by molar-refractivity contribution is -0.141. The molecule has 1 aliphatic heterocycles. The van der Waals surface area contributed by atoms with Gasteiger partial charge in [0.15, 0.2) is 0 Å². The maximum Gasteiger partial charge on any atom is 0.325 e. The van der Waals surface area contributed by atoms with Crippen LogP contribution in [0.3, 0.4) is 0 Å². The zero-order chi connectivity index (χ0) is 9.84. The van der Waals surface area contributed by atoms with E-state index in [2.05, 4.69) is 5.32 Å². The molecule has 2 unspecified atom stereocenters. The molecule has 0 spiro atoms. The van der Waals surface area contributed by atoms with Gasteiger partial charge in [0, 0.05) is 11.7 Å². The molecule has 0 saturated carbocycles. The molecule has 1 amide bonds. The second-order valence-corrected chi connectivity index (χ2v) is 4.28. The van der Waals surface area contributed by atoms with Crippen LogP contribution in [0.5, 0.6) is 0 Å². The number of carbonyl (C=O) groups excluding carboxylic acids is 1. The lowest BCUT2D eigenvalue weighted by atomic mass is 10.1. The number of aliphatic carboxylic acids is 1. The van der Waals surface area contributed by atoms with E-state index in [1.54, 1.807) is 11.8 Å². The quantitative estimate of drug-likeness (QED) is 0.693. The molecule has 0 aliphatic carbocycles. The molecule has 1 rings (SSSR count). The summed E-state index contributed by atoms with van der Waals surface area (Å²) in [6.45, 7) is 1.47. The molecule has 1 saturated heterocycles. The van der Waals surface area contributed by atoms with Crippen LogP contribution in [0.4, 0.5) is 0 Å². The highest BCUT2D eigenvalue weighted by Gasteiger charge is 2.25. The minimum absolute atomic E-state index is 0.00630. The number of hydrogen-bond donors (Lipinski definition) is 2. The Labute approximate surface area is 81.1 Å². The molecule has 1 heterocycles. The molecule has 1 aliphatic rings. The van der Waals surface area contributed by atoms with Crippen LogP contribution < -0.4 is 5.32 Å². The molecule has 0 aromatic heterocycles. The van der Waals surface area contributed by atoms with E-state index in [4.69, 9.17) is 5.11 Å². The first-order valence-electron chi connectivity index (χ1n) is 4.22. The van der Waals surface area contributed by atoms with Gasteiger partial charge in [0.05, 0.1) is 0 Å². The highest BCUT2D eigenvalue weighted by molar-refractivity contribution is 7.99. The van der Waals surface area contributed by atoms with Crippen LogP contribution in [0.1, 0.15) is 13.3 Å². The molecule has 0 aromatic carbocycles. The number of hydrogen-bond acceptors (Lipinski definition) is 3. The van der Waals surface area contributed by atoms with Gasteiger partial charge in [0.2, 0.25) is 5.91 Å². The monoisotopic (exact) mass is 203 g/mol. The summed E-state index contributed by atoms with van der Waals surface area (Å²) in [6.07, 6.45) is 0.864. The van der Waals surface area contributed by atoms with E-state index in [-0.39, 0.29) is 11.8 Å². The number of carbonyl (C=O) groups is 2. The Bertz CT molecular complexity index is 213. The Morgan fingerprint density at radius 2 is 2.31 bits per heavy atom. The summed E-state index contributed by atoms with van der Waals surface area (Å²) in [5.41, 5.74) is 0. The Balaban J connectivity index is 2.35. The van der Waals surface area contributed by atoms with E-state index in [9.17, 15) is 9.59 Å². The van der Waals surface area contributed by atoms with Crippen LogP contribution in [0.2, 0.25) is 0 Å². The third-order valence-electron chi connectivity index (χ3n) is 2.03. The highest BCUT2D eigenvalue weighted by atomic mass is 32.2. The predicted octanol–water partition coefficient (Wildman–Crippen LogP) is 0.329. The van der Waals surface area contributed by atoms with Crippen molar-refractivity contribution in [2.24, 2.45) is 5.92 Å². The van der Waals surface area contributed by atoms with Crippen molar-refractivity contribution < 1.29 is 14.7 Å². The summed E-state index contributed by atoms with van der Waals surface area (Å²) >= 11 is 1.74. The first-order valence-corrected chi connectivity index (χ1v) is 5.37. The number of carboxylic acids is 1. The largest absolute Gasteiger partial charge is 0.480 e. The van der Waals surface area contributed by atoms with E-state index in [0.717, 1.165) is 17.9 Å². The second-order valence-electron chi connectivity index (χ2n) is 3.13. The average molecular weight is 203 g/mol. The molecular formula is C8H13NO3S. The number of carboxylic acid groups (broad SMARTS) is 1. The minimum Gasteiger partial charge on any atom is -0.480 e. The van der Waals surface area contributed by atoms with Crippen molar-refractivity contribution in [1.29, 1.82) is 0 Å². The van der Waals surface area contributed by atoms with Gasteiger partial charge in [-0.1, -0.05) is 0 Å². The van der Waals surface area contributed by atoms with E-state index in [0.29, 0.717) is 0 Å². The summed E-state index contributed by atoms with van der Waals surface area (Å²) < 4.78 is 0. The number of thioether (sulfide) groups is 1. The van der Waals surface area contributed by atoms with Gasteiger partial charge < -0.3 is 10.4 Å². The lowest BCUT2D eigenvalue weighted by Crippen LogP contribution is -2.41. The van der Waals surface area contributed by atoms with E-state index in [1.807, 2.05) is 0 Å². The Morgan fingerprint density at radius 1 is 1.62 bits per heavy atom. The summed E-state index contributed by atoms with van der Waals surface area (Å²) in [6, 6.07) is -0.780. The third kappa shape index (κ3) is 2.91. The van der Waals surface area contributed by atoms with Crippen LogP contribution in [-0.2, 0) is 9.59 Å². The summed E-state index contributed by atoms with van der Waals surface area (Å²) in [5, 5.41) is 11.0. The average Bonchev–Trinajstić information content (AvgIpc) is 2.55. The second kappa shape index (κ2) is 4.50. The molecule has 2 atom stereocenters. The third-order valence-corrected chi connectivity index (χ3v) is 3.19. The molecular weight excluding hydrogens is 190 g/mol. The van der Waals surface area contributed by atoms with Crippen molar-refractivity contribution in [3.05, 3.63) is 0 Å². The Morgan fingerprint density at radius 3 is 2.77 bits per heavy atom. The Kier molecular flexibility index (Phi) is 3.59. The maximum absolute atomic E-state index is 11.4. The van der Waals surface area contributed by atoms with Gasteiger partial charge in [-0.2, -0.15) is 11.8 Å². The fourth-order valence-electron chi connectivity index (χ4n) is 1.13. The SMILES string of the molecule is CC(NC(=O)C1CCSC1)C(=O)O. The molecule has 5 heteroatoms. The number of nitrogens with one attached hydrogen (secondary N) is 1. The van der Waals surface area contributed by atoms with Crippen molar-refractivity contribution in [1.82, 2.24) is 5.32 Å². The van der Waals surface area contributed by atoms with E-state index >= 15 is 0 Å². The molecule has 0 bridgehead atoms. The van der Waals surface area contributed by atoms with Crippen molar-refractivity contribution in [3.63, 3.8) is 0 Å². The van der Waals surface area contributed by atoms with Gasteiger partial charge in [-0.3, -0.25) is 9.59 Å². The number of amides is 1. The molecule has 74 valence electrons. The maximum atomic E-state index is 11.4. The molecule has 0 radical (unpaired) electrons. The summed E-state index contributed by atoms with van der Waals surface area (Å²) in [5.74, 6) is 0.711. The van der Waals surface area contributed by atoms with Crippen molar-refractivity contribution >= 4 is 23.6 Å². The zero-order valence-corrected chi connectivity index (χ0v) is 8.26. The normalized spacial score (nSPS) is 23.9.